The van der Waals surface area contributed by atoms with Gasteiger partial charge in [-0.2, -0.15) is 0 Å². The summed E-state index contributed by atoms with van der Waals surface area (Å²) in [5.41, 5.74) is -0.752. The van der Waals surface area contributed by atoms with Crippen LogP contribution < -0.4 is 5.32 Å². The van der Waals surface area contributed by atoms with E-state index in [4.69, 9.17) is 0 Å². The number of carbonyl (C=O) groups is 2. The van der Waals surface area contributed by atoms with Crippen LogP contribution in [-0.2, 0) is 4.79 Å². The summed E-state index contributed by atoms with van der Waals surface area (Å²) in [5, 5.41) is 12.2. The van der Waals surface area contributed by atoms with Crippen molar-refractivity contribution in [3.63, 3.8) is 0 Å². The summed E-state index contributed by atoms with van der Waals surface area (Å²) in [6.07, 6.45) is 1.11. The van der Waals surface area contributed by atoms with Crippen molar-refractivity contribution >= 4 is 12.0 Å². The van der Waals surface area contributed by atoms with Crippen LogP contribution >= 0.6 is 0 Å². The van der Waals surface area contributed by atoms with E-state index in [1.54, 1.807) is 4.90 Å². The number of rotatable bonds is 4. The predicted octanol–water partition coefficient (Wildman–Crippen LogP) is 1.93. The van der Waals surface area contributed by atoms with Crippen LogP contribution in [-0.4, -0.2) is 41.1 Å². The van der Waals surface area contributed by atoms with Gasteiger partial charge in [0.25, 0.3) is 0 Å². The fraction of sp³-hybridized carbons (Fsp3) is 0.846. The lowest BCUT2D eigenvalue weighted by molar-refractivity contribution is -0.148. The first-order valence-electron chi connectivity index (χ1n) is 6.61. The Morgan fingerprint density at radius 3 is 2.39 bits per heavy atom. The molecule has 2 atom stereocenters. The number of hydrogen-bond acceptors (Lipinski definition) is 2. The Hall–Kier alpha value is -1.26. The topological polar surface area (TPSA) is 69.6 Å². The van der Waals surface area contributed by atoms with Crippen LogP contribution in [0.1, 0.15) is 40.5 Å². The highest BCUT2D eigenvalue weighted by atomic mass is 16.4. The van der Waals surface area contributed by atoms with Gasteiger partial charge in [-0.3, -0.25) is 4.79 Å². The van der Waals surface area contributed by atoms with Crippen molar-refractivity contribution in [3.8, 4) is 0 Å². The number of carbonyl (C=O) groups excluding carboxylic acids is 1. The molecule has 1 rings (SSSR count). The number of aliphatic carboxylic acids is 1. The van der Waals surface area contributed by atoms with Gasteiger partial charge in [0.05, 0.1) is 5.41 Å². The van der Waals surface area contributed by atoms with Gasteiger partial charge in [-0.25, -0.2) is 4.79 Å². The van der Waals surface area contributed by atoms with Gasteiger partial charge in [-0.05, 0) is 25.7 Å². The molecule has 0 aromatic rings. The number of nitrogens with zero attached hydrogens (tertiary/aromatic N) is 1. The third kappa shape index (κ3) is 2.94. The smallest absolute Gasteiger partial charge is 0.317 e. The molecular formula is C13H24N2O3. The number of amides is 2. The second-order valence-corrected chi connectivity index (χ2v) is 5.59. The SMILES string of the molecule is CCC1(C(=O)O)CCN(C(=O)NC(C)C(C)C)C1. The molecule has 0 spiro atoms. The highest BCUT2D eigenvalue weighted by molar-refractivity contribution is 5.79. The van der Waals surface area contributed by atoms with Crippen molar-refractivity contribution in [2.24, 2.45) is 11.3 Å². The predicted molar refractivity (Wildman–Crippen MR) is 69.4 cm³/mol. The van der Waals surface area contributed by atoms with Gasteiger partial charge in [0.2, 0.25) is 0 Å². The van der Waals surface area contributed by atoms with Crippen molar-refractivity contribution in [2.75, 3.05) is 13.1 Å². The molecule has 5 heteroatoms. The van der Waals surface area contributed by atoms with Gasteiger partial charge in [0, 0.05) is 19.1 Å². The normalized spacial score (nSPS) is 25.3. The van der Waals surface area contributed by atoms with Crippen LogP contribution in [0.4, 0.5) is 4.79 Å². The summed E-state index contributed by atoms with van der Waals surface area (Å²) in [7, 11) is 0. The highest BCUT2D eigenvalue weighted by Crippen LogP contribution is 2.34. The average Bonchev–Trinajstić information content (AvgIpc) is 2.74. The second-order valence-electron chi connectivity index (χ2n) is 5.59. The zero-order valence-corrected chi connectivity index (χ0v) is 11.7. The molecule has 104 valence electrons. The molecule has 0 aromatic carbocycles. The van der Waals surface area contributed by atoms with Crippen molar-refractivity contribution in [1.82, 2.24) is 10.2 Å². The summed E-state index contributed by atoms with van der Waals surface area (Å²) in [6, 6.07) is -0.0493. The first-order chi connectivity index (χ1) is 8.32. The Labute approximate surface area is 109 Å². The van der Waals surface area contributed by atoms with Crippen LogP contribution in [0.25, 0.3) is 0 Å². The molecule has 2 unspecified atom stereocenters. The minimum absolute atomic E-state index is 0.0963. The number of carboxylic acids is 1. The molecule has 5 nitrogen and oxygen atoms in total. The maximum atomic E-state index is 12.0. The molecule has 0 bridgehead atoms. The molecule has 2 amide bonds. The summed E-state index contributed by atoms with van der Waals surface area (Å²) in [6.45, 7) is 8.76. The lowest BCUT2D eigenvalue weighted by Crippen LogP contribution is -2.46. The Morgan fingerprint density at radius 1 is 1.39 bits per heavy atom. The Morgan fingerprint density at radius 2 is 2.00 bits per heavy atom. The summed E-state index contributed by atoms with van der Waals surface area (Å²) < 4.78 is 0. The van der Waals surface area contributed by atoms with Crippen LogP contribution in [0.15, 0.2) is 0 Å². The molecule has 1 aliphatic heterocycles. The minimum atomic E-state index is -0.794. The van der Waals surface area contributed by atoms with Gasteiger partial charge in [0.15, 0.2) is 0 Å². The Kier molecular flexibility index (Phi) is 4.59. The Bertz CT molecular complexity index is 330. The van der Waals surface area contributed by atoms with Gasteiger partial charge >= 0.3 is 12.0 Å². The van der Waals surface area contributed by atoms with Crippen LogP contribution in [0.2, 0.25) is 0 Å². The highest BCUT2D eigenvalue weighted by Gasteiger charge is 2.44. The maximum Gasteiger partial charge on any atom is 0.317 e. The van der Waals surface area contributed by atoms with Crippen LogP contribution in [0.3, 0.4) is 0 Å². The molecular weight excluding hydrogens is 232 g/mol. The molecule has 0 aromatic heterocycles. The van der Waals surface area contributed by atoms with E-state index in [1.807, 2.05) is 27.7 Å². The lowest BCUT2D eigenvalue weighted by atomic mass is 9.84. The van der Waals surface area contributed by atoms with Gasteiger partial charge in [0.1, 0.15) is 0 Å². The summed E-state index contributed by atoms with van der Waals surface area (Å²) in [5.74, 6) is -0.427. The molecule has 1 saturated heterocycles. The number of nitrogens with one attached hydrogen (secondary N) is 1. The first-order valence-corrected chi connectivity index (χ1v) is 6.61. The van der Waals surface area contributed by atoms with Crippen LogP contribution in [0.5, 0.6) is 0 Å². The zero-order chi connectivity index (χ0) is 13.9. The molecule has 0 radical (unpaired) electrons. The minimum Gasteiger partial charge on any atom is -0.481 e. The van der Waals surface area contributed by atoms with Gasteiger partial charge < -0.3 is 15.3 Å². The number of hydrogen-bond donors (Lipinski definition) is 2. The molecule has 2 N–H and O–H groups in total. The Balaban J connectivity index is 2.61. The fourth-order valence-electron chi connectivity index (χ4n) is 2.11. The number of likely N-dealkylation sites (tertiary alicyclic amines) is 1. The van der Waals surface area contributed by atoms with E-state index in [9.17, 15) is 14.7 Å². The van der Waals surface area contributed by atoms with E-state index in [-0.39, 0.29) is 12.1 Å². The molecule has 18 heavy (non-hydrogen) atoms. The van der Waals surface area contributed by atoms with Crippen LogP contribution in [0, 0.1) is 11.3 Å². The maximum absolute atomic E-state index is 12.0. The molecule has 0 aliphatic carbocycles. The van der Waals surface area contributed by atoms with Crippen molar-refractivity contribution in [2.45, 2.75) is 46.6 Å². The van der Waals surface area contributed by atoms with Crippen molar-refractivity contribution in [1.29, 1.82) is 0 Å². The van der Waals surface area contributed by atoms with Crippen molar-refractivity contribution in [3.05, 3.63) is 0 Å². The van der Waals surface area contributed by atoms with E-state index < -0.39 is 11.4 Å². The third-order valence-corrected chi connectivity index (χ3v) is 4.12. The number of carboxylic acid groups (broad SMARTS) is 1. The van der Waals surface area contributed by atoms with Crippen molar-refractivity contribution < 1.29 is 14.7 Å². The van der Waals surface area contributed by atoms with E-state index in [0.717, 1.165) is 0 Å². The summed E-state index contributed by atoms with van der Waals surface area (Å²) >= 11 is 0. The van der Waals surface area contributed by atoms with E-state index in [2.05, 4.69) is 5.32 Å². The molecule has 1 aliphatic rings. The quantitative estimate of drug-likeness (QED) is 0.807. The largest absolute Gasteiger partial charge is 0.481 e. The first kappa shape index (κ1) is 14.8. The lowest BCUT2D eigenvalue weighted by Gasteiger charge is -2.25. The zero-order valence-electron chi connectivity index (χ0n) is 11.7. The van der Waals surface area contributed by atoms with E-state index in [0.29, 0.717) is 31.8 Å². The third-order valence-electron chi connectivity index (χ3n) is 4.12. The standard InChI is InChI=1S/C13H24N2O3/c1-5-13(11(16)17)6-7-15(8-13)12(18)14-10(4)9(2)3/h9-10H,5-8H2,1-4H3,(H,14,18)(H,16,17). The molecule has 0 saturated carbocycles. The van der Waals surface area contributed by atoms with Gasteiger partial charge in [-0.1, -0.05) is 20.8 Å². The average molecular weight is 256 g/mol. The van der Waals surface area contributed by atoms with Gasteiger partial charge in [-0.15, -0.1) is 0 Å². The van der Waals surface area contributed by atoms with E-state index >= 15 is 0 Å². The summed E-state index contributed by atoms with van der Waals surface area (Å²) in [4.78, 5) is 24.9. The second kappa shape index (κ2) is 5.59. The monoisotopic (exact) mass is 256 g/mol. The molecule has 1 fully saturated rings. The fourth-order valence-corrected chi connectivity index (χ4v) is 2.11. The van der Waals surface area contributed by atoms with E-state index in [1.165, 1.54) is 0 Å². The number of urea groups is 1. The molecule has 1 heterocycles.